The molecule has 0 aliphatic carbocycles. The normalized spacial score (nSPS) is 11.0. The van der Waals surface area contributed by atoms with E-state index in [1.165, 1.54) is 4.31 Å². The molecular formula is C19H24N2O4S. The van der Waals surface area contributed by atoms with Crippen LogP contribution < -0.4 is 14.4 Å². The van der Waals surface area contributed by atoms with Crippen LogP contribution in [-0.4, -0.2) is 33.7 Å². The second-order valence-electron chi connectivity index (χ2n) is 5.75. The maximum atomic E-state index is 12.2. The molecule has 2 rings (SSSR count). The summed E-state index contributed by atoms with van der Waals surface area (Å²) < 4.78 is 31.3. The predicted octanol–water partition coefficient (Wildman–Crippen LogP) is 3.27. The Hall–Kier alpha value is -2.54. The standard InChI is InChI=1S/C19H24N2O4S/c1-3-25-18-13-8-7-12-17(18)21(26(2,23)24)15-9-14-19(22)20-16-10-5-4-6-11-16/h4-8,10-13H,3,9,14-15H2,1-2H3,(H,20,22). The summed E-state index contributed by atoms with van der Waals surface area (Å²) in [6.07, 6.45) is 1.77. The molecule has 0 fully saturated rings. The number of para-hydroxylation sites is 3. The summed E-state index contributed by atoms with van der Waals surface area (Å²) in [5.74, 6) is 0.358. The Kier molecular flexibility index (Phi) is 7.03. The van der Waals surface area contributed by atoms with Crippen LogP contribution in [0.15, 0.2) is 54.6 Å². The highest BCUT2D eigenvalue weighted by Crippen LogP contribution is 2.30. The van der Waals surface area contributed by atoms with Gasteiger partial charge >= 0.3 is 0 Å². The number of anilines is 2. The van der Waals surface area contributed by atoms with Gasteiger partial charge in [0.25, 0.3) is 0 Å². The third kappa shape index (κ3) is 5.77. The first-order chi connectivity index (χ1) is 12.4. The molecule has 0 atom stereocenters. The molecule has 1 N–H and O–H groups in total. The van der Waals surface area contributed by atoms with E-state index in [-0.39, 0.29) is 18.9 Å². The van der Waals surface area contributed by atoms with Crippen LogP contribution in [0.1, 0.15) is 19.8 Å². The minimum Gasteiger partial charge on any atom is -0.492 e. The Morgan fingerprint density at radius 1 is 1.08 bits per heavy atom. The van der Waals surface area contributed by atoms with Gasteiger partial charge in [-0.2, -0.15) is 0 Å². The highest BCUT2D eigenvalue weighted by atomic mass is 32.2. The van der Waals surface area contributed by atoms with Gasteiger partial charge in [0.2, 0.25) is 15.9 Å². The molecule has 0 unspecified atom stereocenters. The van der Waals surface area contributed by atoms with E-state index in [1.54, 1.807) is 36.4 Å². The number of hydrogen-bond acceptors (Lipinski definition) is 4. The van der Waals surface area contributed by atoms with Crippen molar-refractivity contribution in [2.45, 2.75) is 19.8 Å². The van der Waals surface area contributed by atoms with Gasteiger partial charge in [-0.05, 0) is 37.6 Å². The lowest BCUT2D eigenvalue weighted by molar-refractivity contribution is -0.116. The van der Waals surface area contributed by atoms with Crippen LogP contribution >= 0.6 is 0 Å². The summed E-state index contributed by atoms with van der Waals surface area (Å²) in [7, 11) is -3.49. The summed E-state index contributed by atoms with van der Waals surface area (Å²) in [4.78, 5) is 12.0. The van der Waals surface area contributed by atoms with Crippen molar-refractivity contribution in [2.24, 2.45) is 0 Å². The lowest BCUT2D eigenvalue weighted by atomic mass is 10.2. The fourth-order valence-electron chi connectivity index (χ4n) is 2.53. The molecule has 2 aromatic rings. The highest BCUT2D eigenvalue weighted by molar-refractivity contribution is 7.92. The summed E-state index contributed by atoms with van der Waals surface area (Å²) in [6, 6.07) is 16.2. The zero-order valence-electron chi connectivity index (χ0n) is 15.0. The van der Waals surface area contributed by atoms with Gasteiger partial charge in [-0.15, -0.1) is 0 Å². The zero-order chi connectivity index (χ0) is 19.0. The van der Waals surface area contributed by atoms with E-state index in [9.17, 15) is 13.2 Å². The molecule has 0 bridgehead atoms. The number of carbonyl (C=O) groups excluding carboxylic acids is 1. The van der Waals surface area contributed by atoms with Gasteiger partial charge in [0, 0.05) is 18.7 Å². The van der Waals surface area contributed by atoms with E-state index in [0.717, 1.165) is 11.9 Å². The van der Waals surface area contributed by atoms with Crippen molar-refractivity contribution >= 4 is 27.3 Å². The maximum absolute atomic E-state index is 12.2. The van der Waals surface area contributed by atoms with Gasteiger partial charge < -0.3 is 10.1 Å². The lowest BCUT2D eigenvalue weighted by Gasteiger charge is -2.24. The van der Waals surface area contributed by atoms with Crippen molar-refractivity contribution in [1.29, 1.82) is 0 Å². The molecular weight excluding hydrogens is 352 g/mol. The molecule has 0 aliphatic rings. The third-order valence-corrected chi connectivity index (χ3v) is 4.84. The quantitative estimate of drug-likeness (QED) is 0.729. The summed E-state index contributed by atoms with van der Waals surface area (Å²) in [6.45, 7) is 2.48. The summed E-state index contributed by atoms with van der Waals surface area (Å²) in [5, 5.41) is 2.79. The first kappa shape index (κ1) is 19.8. The van der Waals surface area contributed by atoms with E-state index in [4.69, 9.17) is 4.74 Å². The number of ether oxygens (including phenoxy) is 1. The number of nitrogens with one attached hydrogen (secondary N) is 1. The molecule has 0 aliphatic heterocycles. The van der Waals surface area contributed by atoms with E-state index < -0.39 is 10.0 Å². The SMILES string of the molecule is CCOc1ccccc1N(CCCC(=O)Nc1ccccc1)S(C)(=O)=O. The zero-order valence-corrected chi connectivity index (χ0v) is 15.8. The van der Waals surface area contributed by atoms with Crippen molar-refractivity contribution in [2.75, 3.05) is 29.0 Å². The molecule has 1 amide bonds. The van der Waals surface area contributed by atoms with Gasteiger partial charge in [-0.1, -0.05) is 30.3 Å². The molecule has 2 aromatic carbocycles. The number of sulfonamides is 1. The molecule has 6 nitrogen and oxygen atoms in total. The van der Waals surface area contributed by atoms with Crippen LogP contribution in [0.2, 0.25) is 0 Å². The Morgan fingerprint density at radius 3 is 2.38 bits per heavy atom. The molecule has 26 heavy (non-hydrogen) atoms. The van der Waals surface area contributed by atoms with Crippen LogP contribution in [0.3, 0.4) is 0 Å². The molecule has 0 aromatic heterocycles. The fraction of sp³-hybridized carbons (Fsp3) is 0.316. The van der Waals surface area contributed by atoms with Crippen LogP contribution in [0.25, 0.3) is 0 Å². The molecule has 0 radical (unpaired) electrons. The maximum Gasteiger partial charge on any atom is 0.232 e. The van der Waals surface area contributed by atoms with Crippen LogP contribution in [-0.2, 0) is 14.8 Å². The lowest BCUT2D eigenvalue weighted by Crippen LogP contribution is -2.31. The van der Waals surface area contributed by atoms with Crippen molar-refractivity contribution in [1.82, 2.24) is 0 Å². The molecule has 7 heteroatoms. The number of benzene rings is 2. The van der Waals surface area contributed by atoms with Crippen molar-refractivity contribution in [3.05, 3.63) is 54.6 Å². The smallest absolute Gasteiger partial charge is 0.232 e. The second-order valence-corrected chi connectivity index (χ2v) is 7.66. The van der Waals surface area contributed by atoms with Crippen molar-refractivity contribution < 1.29 is 17.9 Å². The van der Waals surface area contributed by atoms with Crippen molar-refractivity contribution in [3.63, 3.8) is 0 Å². The van der Waals surface area contributed by atoms with E-state index in [1.807, 2.05) is 25.1 Å². The number of carbonyl (C=O) groups is 1. The first-order valence-electron chi connectivity index (χ1n) is 8.46. The fourth-order valence-corrected chi connectivity index (χ4v) is 3.50. The minimum absolute atomic E-state index is 0.150. The first-order valence-corrected chi connectivity index (χ1v) is 10.3. The van der Waals surface area contributed by atoms with Crippen molar-refractivity contribution in [3.8, 4) is 5.75 Å². The van der Waals surface area contributed by atoms with E-state index in [2.05, 4.69) is 5.32 Å². The van der Waals surface area contributed by atoms with Crippen LogP contribution in [0, 0.1) is 0 Å². The predicted molar refractivity (Wildman–Crippen MR) is 104 cm³/mol. The summed E-state index contributed by atoms with van der Waals surface area (Å²) in [5.41, 5.74) is 1.21. The largest absolute Gasteiger partial charge is 0.492 e. The molecule has 0 spiro atoms. The van der Waals surface area contributed by atoms with Crippen LogP contribution in [0.4, 0.5) is 11.4 Å². The highest BCUT2D eigenvalue weighted by Gasteiger charge is 2.21. The average Bonchev–Trinajstić information content (AvgIpc) is 2.60. The Balaban J connectivity index is 2.02. The van der Waals surface area contributed by atoms with Gasteiger partial charge in [-0.3, -0.25) is 9.10 Å². The number of amides is 1. The Morgan fingerprint density at radius 2 is 1.73 bits per heavy atom. The van der Waals surface area contributed by atoms with Gasteiger partial charge in [0.05, 0.1) is 18.6 Å². The monoisotopic (exact) mass is 376 g/mol. The van der Waals surface area contributed by atoms with Gasteiger partial charge in [0.15, 0.2) is 0 Å². The molecule has 0 saturated heterocycles. The van der Waals surface area contributed by atoms with Crippen LogP contribution in [0.5, 0.6) is 5.75 Å². The molecule has 0 saturated carbocycles. The average molecular weight is 376 g/mol. The molecule has 140 valence electrons. The third-order valence-electron chi connectivity index (χ3n) is 3.66. The Bertz CT molecular complexity index is 822. The minimum atomic E-state index is -3.49. The van der Waals surface area contributed by atoms with E-state index >= 15 is 0 Å². The van der Waals surface area contributed by atoms with Gasteiger partial charge in [-0.25, -0.2) is 8.42 Å². The number of nitrogens with zero attached hydrogens (tertiary/aromatic N) is 1. The topological polar surface area (TPSA) is 75.7 Å². The number of hydrogen-bond donors (Lipinski definition) is 1. The van der Waals surface area contributed by atoms with E-state index in [0.29, 0.717) is 24.5 Å². The number of rotatable bonds is 9. The second kappa shape index (κ2) is 9.24. The molecule has 0 heterocycles. The van der Waals surface area contributed by atoms with Gasteiger partial charge in [0.1, 0.15) is 5.75 Å². The Labute approximate surface area is 154 Å². The summed E-state index contributed by atoms with van der Waals surface area (Å²) >= 11 is 0.